The standard InChI is InChI=1S/C14H15NO3S/c1-17-12-7-3-6-11(13(12)18-2)14(16)15-9-10-5-4-8-19-10/h3-8H,9H2,1-2H3,(H,15,16). The average molecular weight is 277 g/mol. The molecule has 0 aliphatic rings. The van der Waals surface area contributed by atoms with E-state index in [1.807, 2.05) is 17.5 Å². The van der Waals surface area contributed by atoms with Crippen LogP contribution in [0.2, 0.25) is 0 Å². The lowest BCUT2D eigenvalue weighted by atomic mass is 10.1. The Kier molecular flexibility index (Phi) is 4.41. The Morgan fingerprint density at radius 2 is 2.05 bits per heavy atom. The monoisotopic (exact) mass is 277 g/mol. The minimum Gasteiger partial charge on any atom is -0.493 e. The summed E-state index contributed by atoms with van der Waals surface area (Å²) in [5.74, 6) is 0.823. The molecule has 1 amide bonds. The first-order chi connectivity index (χ1) is 9.26. The summed E-state index contributed by atoms with van der Waals surface area (Å²) < 4.78 is 10.4. The van der Waals surface area contributed by atoms with Crippen LogP contribution in [0.25, 0.3) is 0 Å². The number of hydrogen-bond acceptors (Lipinski definition) is 4. The van der Waals surface area contributed by atoms with Gasteiger partial charge in [0.05, 0.1) is 26.3 Å². The summed E-state index contributed by atoms with van der Waals surface area (Å²) >= 11 is 1.61. The van der Waals surface area contributed by atoms with Crippen LogP contribution in [0.1, 0.15) is 15.2 Å². The number of hydrogen-bond donors (Lipinski definition) is 1. The molecule has 4 nitrogen and oxygen atoms in total. The molecular weight excluding hydrogens is 262 g/mol. The van der Waals surface area contributed by atoms with E-state index >= 15 is 0 Å². The van der Waals surface area contributed by atoms with E-state index in [9.17, 15) is 4.79 Å². The fourth-order valence-corrected chi connectivity index (χ4v) is 2.39. The molecular formula is C14H15NO3S. The summed E-state index contributed by atoms with van der Waals surface area (Å²) in [4.78, 5) is 13.3. The number of carbonyl (C=O) groups is 1. The van der Waals surface area contributed by atoms with Gasteiger partial charge in [-0.2, -0.15) is 0 Å². The van der Waals surface area contributed by atoms with E-state index in [-0.39, 0.29) is 5.91 Å². The predicted octanol–water partition coefficient (Wildman–Crippen LogP) is 2.70. The van der Waals surface area contributed by atoms with Crippen molar-refractivity contribution in [1.82, 2.24) is 5.32 Å². The summed E-state index contributed by atoms with van der Waals surface area (Å²) in [5.41, 5.74) is 0.471. The molecule has 0 fully saturated rings. The van der Waals surface area contributed by atoms with Gasteiger partial charge in [-0.15, -0.1) is 11.3 Å². The Morgan fingerprint density at radius 1 is 1.21 bits per heavy atom. The number of carbonyl (C=O) groups excluding carboxylic acids is 1. The van der Waals surface area contributed by atoms with Crippen molar-refractivity contribution in [2.45, 2.75) is 6.54 Å². The van der Waals surface area contributed by atoms with Crippen LogP contribution in [0.15, 0.2) is 35.7 Å². The Labute approximate surface area is 116 Å². The molecule has 19 heavy (non-hydrogen) atoms. The van der Waals surface area contributed by atoms with Crippen molar-refractivity contribution in [3.8, 4) is 11.5 Å². The van der Waals surface area contributed by atoms with Crippen LogP contribution in [0.3, 0.4) is 0 Å². The molecule has 0 spiro atoms. The number of amides is 1. The van der Waals surface area contributed by atoms with Crippen LogP contribution >= 0.6 is 11.3 Å². The summed E-state index contributed by atoms with van der Waals surface area (Å²) in [7, 11) is 3.07. The van der Waals surface area contributed by atoms with Gasteiger partial charge in [0.2, 0.25) is 0 Å². The van der Waals surface area contributed by atoms with E-state index in [0.717, 1.165) is 4.88 Å². The second kappa shape index (κ2) is 6.24. The first kappa shape index (κ1) is 13.4. The van der Waals surface area contributed by atoms with Crippen molar-refractivity contribution in [3.63, 3.8) is 0 Å². The number of thiophene rings is 1. The Hall–Kier alpha value is -2.01. The molecule has 2 rings (SSSR count). The minimum absolute atomic E-state index is 0.177. The van der Waals surface area contributed by atoms with Gasteiger partial charge >= 0.3 is 0 Å². The molecule has 1 aromatic carbocycles. The molecule has 0 radical (unpaired) electrons. The van der Waals surface area contributed by atoms with Crippen LogP contribution in [-0.2, 0) is 6.54 Å². The average Bonchev–Trinajstić information content (AvgIpc) is 2.97. The highest BCUT2D eigenvalue weighted by Gasteiger charge is 2.15. The van der Waals surface area contributed by atoms with Crippen molar-refractivity contribution in [2.75, 3.05) is 14.2 Å². The Bertz CT molecular complexity index is 552. The third-order valence-electron chi connectivity index (χ3n) is 2.65. The van der Waals surface area contributed by atoms with E-state index < -0.39 is 0 Å². The van der Waals surface area contributed by atoms with Crippen molar-refractivity contribution in [1.29, 1.82) is 0 Å². The summed E-state index contributed by atoms with van der Waals surface area (Å²) in [6.45, 7) is 0.511. The topological polar surface area (TPSA) is 47.6 Å². The van der Waals surface area contributed by atoms with Crippen molar-refractivity contribution in [2.24, 2.45) is 0 Å². The molecule has 100 valence electrons. The molecule has 0 saturated heterocycles. The number of nitrogens with one attached hydrogen (secondary N) is 1. The normalized spacial score (nSPS) is 10.0. The van der Waals surface area contributed by atoms with E-state index in [1.54, 1.807) is 36.6 Å². The molecule has 0 aliphatic heterocycles. The van der Waals surface area contributed by atoms with Crippen LogP contribution in [0.4, 0.5) is 0 Å². The lowest BCUT2D eigenvalue weighted by molar-refractivity contribution is 0.0947. The third kappa shape index (κ3) is 3.06. The number of ether oxygens (including phenoxy) is 2. The zero-order chi connectivity index (χ0) is 13.7. The van der Waals surface area contributed by atoms with Gasteiger partial charge in [0.15, 0.2) is 11.5 Å². The van der Waals surface area contributed by atoms with Gasteiger partial charge in [0.25, 0.3) is 5.91 Å². The SMILES string of the molecule is COc1cccc(C(=O)NCc2cccs2)c1OC. The second-order valence-corrected chi connectivity index (χ2v) is 4.84. The smallest absolute Gasteiger partial charge is 0.255 e. The summed E-state index contributed by atoms with van der Waals surface area (Å²) in [5, 5.41) is 4.84. The third-order valence-corrected chi connectivity index (χ3v) is 3.53. The molecule has 0 bridgehead atoms. The number of rotatable bonds is 5. The van der Waals surface area contributed by atoms with Gasteiger partial charge in [-0.3, -0.25) is 4.79 Å². The molecule has 0 atom stereocenters. The summed E-state index contributed by atoms with van der Waals surface area (Å²) in [6.07, 6.45) is 0. The number of methoxy groups -OCH3 is 2. The first-order valence-electron chi connectivity index (χ1n) is 5.78. The van der Waals surface area contributed by atoms with E-state index in [2.05, 4.69) is 5.32 Å². The highest BCUT2D eigenvalue weighted by atomic mass is 32.1. The van der Waals surface area contributed by atoms with Crippen LogP contribution in [0.5, 0.6) is 11.5 Å². The van der Waals surface area contributed by atoms with Crippen LogP contribution in [-0.4, -0.2) is 20.1 Å². The van der Waals surface area contributed by atoms with Gasteiger partial charge < -0.3 is 14.8 Å². The molecule has 5 heteroatoms. The summed E-state index contributed by atoms with van der Waals surface area (Å²) in [6, 6.07) is 9.17. The van der Waals surface area contributed by atoms with Crippen molar-refractivity contribution < 1.29 is 14.3 Å². The van der Waals surface area contributed by atoms with E-state index in [1.165, 1.54) is 7.11 Å². The van der Waals surface area contributed by atoms with Gasteiger partial charge in [-0.25, -0.2) is 0 Å². The number of para-hydroxylation sites is 1. The highest BCUT2D eigenvalue weighted by molar-refractivity contribution is 7.09. The lowest BCUT2D eigenvalue weighted by Gasteiger charge is -2.12. The predicted molar refractivity (Wildman–Crippen MR) is 75.0 cm³/mol. The number of benzene rings is 1. The Morgan fingerprint density at radius 3 is 2.68 bits per heavy atom. The highest BCUT2D eigenvalue weighted by Crippen LogP contribution is 2.30. The first-order valence-corrected chi connectivity index (χ1v) is 6.65. The van der Waals surface area contributed by atoms with E-state index in [4.69, 9.17) is 9.47 Å². The van der Waals surface area contributed by atoms with Gasteiger partial charge in [-0.1, -0.05) is 12.1 Å². The maximum Gasteiger partial charge on any atom is 0.255 e. The molecule has 0 aliphatic carbocycles. The van der Waals surface area contributed by atoms with Crippen molar-refractivity contribution >= 4 is 17.2 Å². The van der Waals surface area contributed by atoms with E-state index in [0.29, 0.717) is 23.6 Å². The van der Waals surface area contributed by atoms with Gasteiger partial charge in [0, 0.05) is 4.88 Å². The van der Waals surface area contributed by atoms with Crippen molar-refractivity contribution in [3.05, 3.63) is 46.2 Å². The maximum absolute atomic E-state index is 12.1. The molecule has 1 N–H and O–H groups in total. The molecule has 1 heterocycles. The maximum atomic E-state index is 12.1. The second-order valence-electron chi connectivity index (χ2n) is 3.80. The lowest BCUT2D eigenvalue weighted by Crippen LogP contribution is -2.23. The van der Waals surface area contributed by atoms with Crippen LogP contribution < -0.4 is 14.8 Å². The fourth-order valence-electron chi connectivity index (χ4n) is 1.74. The largest absolute Gasteiger partial charge is 0.493 e. The fraction of sp³-hybridized carbons (Fsp3) is 0.214. The molecule has 0 saturated carbocycles. The molecule has 0 unspecified atom stereocenters. The molecule has 2 aromatic rings. The zero-order valence-electron chi connectivity index (χ0n) is 10.8. The van der Waals surface area contributed by atoms with Gasteiger partial charge in [0.1, 0.15) is 0 Å². The zero-order valence-corrected chi connectivity index (χ0v) is 11.6. The van der Waals surface area contributed by atoms with Gasteiger partial charge in [-0.05, 0) is 23.6 Å². The quantitative estimate of drug-likeness (QED) is 0.914. The van der Waals surface area contributed by atoms with Crippen LogP contribution in [0, 0.1) is 0 Å². The molecule has 1 aromatic heterocycles. The minimum atomic E-state index is -0.177. The Balaban J connectivity index is 2.14.